The number of likely N-dealkylation sites (tertiary alicyclic amines) is 1. The van der Waals surface area contributed by atoms with Gasteiger partial charge in [0.25, 0.3) is 0 Å². The average Bonchev–Trinajstić information content (AvgIpc) is 3.36. The molecule has 3 aromatic rings. The van der Waals surface area contributed by atoms with E-state index >= 15 is 0 Å². The molecule has 2 N–H and O–H groups in total. The molecule has 2 fully saturated rings. The van der Waals surface area contributed by atoms with Gasteiger partial charge in [-0.1, -0.05) is 53.5 Å². The standard InChI is InChI=1S/C30H33Cl2N5O2/c31-23-14-24(32)16-25(15-23)37-11-7-22-18-35(20-34-28(22)37)19-30(39)8-12-36(13-9-30)29(38)26-6-10-33-17-27(26)21-4-2-1-3-5-21/h1-5,7,11,14-16,18,26-27,33,39H,6,8-10,12-13,17,19-20H2/t26-,27+/m1/s1. The Morgan fingerprint density at radius 3 is 2.56 bits per heavy atom. The van der Waals surface area contributed by atoms with E-state index in [1.54, 1.807) is 6.07 Å². The highest BCUT2D eigenvalue weighted by Gasteiger charge is 2.39. The Balaban J connectivity index is 1.11. The monoisotopic (exact) mass is 565 g/mol. The molecule has 1 aromatic heterocycles. The number of benzene rings is 2. The van der Waals surface area contributed by atoms with Crippen LogP contribution < -0.4 is 16.0 Å². The van der Waals surface area contributed by atoms with Gasteiger partial charge in [-0.3, -0.25) is 4.79 Å². The normalized spacial score (nSPS) is 22.5. The van der Waals surface area contributed by atoms with Gasteiger partial charge >= 0.3 is 0 Å². The van der Waals surface area contributed by atoms with Crippen molar-refractivity contribution >= 4 is 35.3 Å². The molecule has 6 rings (SSSR count). The Morgan fingerprint density at radius 2 is 1.82 bits per heavy atom. The number of amides is 1. The predicted molar refractivity (Wildman–Crippen MR) is 154 cm³/mol. The van der Waals surface area contributed by atoms with Crippen LogP contribution in [0.25, 0.3) is 11.9 Å². The molecule has 2 aromatic carbocycles. The van der Waals surface area contributed by atoms with Gasteiger partial charge in [-0.05, 0) is 55.6 Å². The molecule has 0 saturated carbocycles. The van der Waals surface area contributed by atoms with E-state index in [2.05, 4.69) is 28.5 Å². The number of piperidine rings is 2. The van der Waals surface area contributed by atoms with Crippen LogP contribution in [0.4, 0.5) is 0 Å². The quantitative estimate of drug-likeness (QED) is 0.498. The first-order chi connectivity index (χ1) is 18.9. The lowest BCUT2D eigenvalue weighted by atomic mass is 9.80. The summed E-state index contributed by atoms with van der Waals surface area (Å²) in [7, 11) is 0. The van der Waals surface area contributed by atoms with Gasteiger partial charge in [0.2, 0.25) is 5.91 Å². The Morgan fingerprint density at radius 1 is 1.08 bits per heavy atom. The Kier molecular flexibility index (Phi) is 7.42. The number of nitrogens with one attached hydrogen (secondary N) is 1. The zero-order valence-corrected chi connectivity index (χ0v) is 23.3. The summed E-state index contributed by atoms with van der Waals surface area (Å²) in [6.07, 6.45) is 5.96. The van der Waals surface area contributed by atoms with E-state index in [4.69, 9.17) is 28.2 Å². The van der Waals surface area contributed by atoms with Crippen LogP contribution in [0.3, 0.4) is 0 Å². The van der Waals surface area contributed by atoms with Gasteiger partial charge < -0.3 is 24.8 Å². The van der Waals surface area contributed by atoms with E-state index in [0.29, 0.717) is 49.2 Å². The fourth-order valence-electron chi connectivity index (χ4n) is 6.20. The number of carbonyl (C=O) groups excluding carboxylic acids is 1. The highest BCUT2D eigenvalue weighted by Crippen LogP contribution is 2.33. The van der Waals surface area contributed by atoms with E-state index < -0.39 is 5.60 Å². The van der Waals surface area contributed by atoms with Crippen molar-refractivity contribution in [3.63, 3.8) is 0 Å². The number of rotatable bonds is 5. The van der Waals surface area contributed by atoms with Crippen LogP contribution in [-0.2, 0) is 4.79 Å². The predicted octanol–water partition coefficient (Wildman–Crippen LogP) is 3.16. The molecule has 0 unspecified atom stereocenters. The van der Waals surface area contributed by atoms with Crippen molar-refractivity contribution in [1.82, 2.24) is 19.7 Å². The zero-order valence-electron chi connectivity index (χ0n) is 21.8. The fraction of sp³-hybridized carbons (Fsp3) is 0.400. The number of aliphatic hydroxyl groups is 1. The number of carbonyl (C=O) groups is 1. The van der Waals surface area contributed by atoms with Crippen molar-refractivity contribution in [3.8, 4) is 5.69 Å². The summed E-state index contributed by atoms with van der Waals surface area (Å²) < 4.78 is 1.98. The molecule has 0 bridgehead atoms. The number of hydrogen-bond donors (Lipinski definition) is 2. The van der Waals surface area contributed by atoms with Crippen LogP contribution in [-0.4, -0.2) is 70.4 Å². The summed E-state index contributed by atoms with van der Waals surface area (Å²) in [5, 5.41) is 17.1. The molecule has 1 amide bonds. The number of fused-ring (bicyclic) bond motifs is 1. The molecule has 0 spiro atoms. The van der Waals surface area contributed by atoms with Gasteiger partial charge in [0, 0.05) is 71.4 Å². The summed E-state index contributed by atoms with van der Waals surface area (Å²) >= 11 is 12.4. The average molecular weight is 567 g/mol. The van der Waals surface area contributed by atoms with Gasteiger partial charge in [-0.15, -0.1) is 0 Å². The smallest absolute Gasteiger partial charge is 0.226 e. The largest absolute Gasteiger partial charge is 0.388 e. The van der Waals surface area contributed by atoms with E-state index in [1.165, 1.54) is 5.56 Å². The third kappa shape index (κ3) is 5.59. The second kappa shape index (κ2) is 11.0. The number of hydrogen-bond acceptors (Lipinski definition) is 5. The molecule has 204 valence electrons. The Bertz CT molecular complexity index is 1450. The molecule has 0 radical (unpaired) electrons. The summed E-state index contributed by atoms with van der Waals surface area (Å²) in [6, 6.07) is 17.8. The van der Waals surface area contributed by atoms with Crippen LogP contribution >= 0.6 is 23.2 Å². The molecule has 0 aliphatic carbocycles. The first kappa shape index (κ1) is 26.4. The molecule has 2 atom stereocenters. The number of β-amino-alcohol motifs (C(OH)–C–C–N with tert-alkyl or cyclic N) is 1. The topological polar surface area (TPSA) is 73.1 Å². The van der Waals surface area contributed by atoms with E-state index in [-0.39, 0.29) is 17.7 Å². The molecule has 39 heavy (non-hydrogen) atoms. The Labute approximate surface area is 238 Å². The summed E-state index contributed by atoms with van der Waals surface area (Å²) in [5.74, 6) is 0.382. The van der Waals surface area contributed by atoms with Crippen molar-refractivity contribution in [3.05, 3.63) is 87.1 Å². The van der Waals surface area contributed by atoms with E-state index in [1.807, 2.05) is 52.1 Å². The van der Waals surface area contributed by atoms with Gasteiger partial charge in [-0.2, -0.15) is 0 Å². The number of aromatic nitrogens is 1. The van der Waals surface area contributed by atoms with Crippen LogP contribution in [0.1, 0.15) is 30.7 Å². The third-order valence-corrected chi connectivity index (χ3v) is 8.71. The first-order valence-corrected chi connectivity index (χ1v) is 14.4. The zero-order chi connectivity index (χ0) is 27.0. The number of nitrogens with zero attached hydrogens (tertiary/aromatic N) is 4. The SMILES string of the molecule is O=C([C@@H]1CCNC[C@H]1c1ccccc1)N1CCC(O)(CN2C=c3ccn(-c4cc(Cl)cc(Cl)c4)c3=NC2)CC1. The third-order valence-electron chi connectivity index (χ3n) is 8.27. The summed E-state index contributed by atoms with van der Waals surface area (Å²) in [5.41, 5.74) is 2.05. The molecule has 9 heteroatoms. The van der Waals surface area contributed by atoms with Crippen molar-refractivity contribution < 1.29 is 9.90 Å². The minimum Gasteiger partial charge on any atom is -0.388 e. The lowest BCUT2D eigenvalue weighted by Gasteiger charge is -2.43. The van der Waals surface area contributed by atoms with Crippen LogP contribution in [0.15, 0.2) is 65.8 Å². The van der Waals surface area contributed by atoms with Crippen LogP contribution in [0, 0.1) is 5.92 Å². The first-order valence-electron chi connectivity index (χ1n) is 13.6. The van der Waals surface area contributed by atoms with Gasteiger partial charge in [0.05, 0.1) is 5.60 Å². The van der Waals surface area contributed by atoms with E-state index in [9.17, 15) is 9.90 Å². The molecule has 3 aliphatic heterocycles. The molecule has 7 nitrogen and oxygen atoms in total. The minimum absolute atomic E-state index is 0.0223. The van der Waals surface area contributed by atoms with Gasteiger partial charge in [-0.25, -0.2) is 4.99 Å². The maximum absolute atomic E-state index is 13.6. The van der Waals surface area contributed by atoms with Crippen molar-refractivity contribution in [2.45, 2.75) is 30.8 Å². The molecule has 3 aliphatic rings. The van der Waals surface area contributed by atoms with Gasteiger partial charge in [0.15, 0.2) is 0 Å². The van der Waals surface area contributed by atoms with Crippen molar-refractivity contribution in [1.29, 1.82) is 0 Å². The molecular formula is C30H33Cl2N5O2. The second-order valence-corrected chi connectivity index (χ2v) is 11.8. The second-order valence-electron chi connectivity index (χ2n) is 10.9. The van der Waals surface area contributed by atoms with Crippen LogP contribution in [0.2, 0.25) is 10.0 Å². The highest BCUT2D eigenvalue weighted by atomic mass is 35.5. The minimum atomic E-state index is -0.865. The number of halogens is 2. The molecular weight excluding hydrogens is 533 g/mol. The van der Waals surface area contributed by atoms with Crippen molar-refractivity contribution in [2.24, 2.45) is 10.9 Å². The molecule has 2 saturated heterocycles. The maximum atomic E-state index is 13.6. The van der Waals surface area contributed by atoms with Crippen LogP contribution in [0.5, 0.6) is 0 Å². The maximum Gasteiger partial charge on any atom is 0.226 e. The molecule has 4 heterocycles. The summed E-state index contributed by atoms with van der Waals surface area (Å²) in [4.78, 5) is 22.4. The lowest BCUT2D eigenvalue weighted by molar-refractivity contribution is -0.141. The Hall–Kier alpha value is -2.84. The van der Waals surface area contributed by atoms with Crippen molar-refractivity contribution in [2.75, 3.05) is 39.4 Å². The van der Waals surface area contributed by atoms with E-state index in [0.717, 1.165) is 35.9 Å². The fourth-order valence-corrected chi connectivity index (χ4v) is 6.72. The highest BCUT2D eigenvalue weighted by molar-refractivity contribution is 6.34. The lowest BCUT2D eigenvalue weighted by Crippen LogP contribution is -2.54. The van der Waals surface area contributed by atoms with Gasteiger partial charge in [0.1, 0.15) is 12.2 Å². The summed E-state index contributed by atoms with van der Waals surface area (Å²) in [6.45, 7) is 3.75.